The van der Waals surface area contributed by atoms with E-state index in [1.54, 1.807) is 0 Å². The number of fused-ring (bicyclic) bond motifs is 3. The SMILES string of the molecule is Cc1ccccc1N(c1ccc(-c2ccc(N(c3ccc(-c4ccccc4)cc3)c3ccc4c(c3)-c3ccccc3C4(C)C)cc2)cc1)c1ccccc1C. The fourth-order valence-electron chi connectivity index (χ4n) is 8.37. The number of hydrogen-bond donors (Lipinski definition) is 0. The lowest BCUT2D eigenvalue weighted by Crippen LogP contribution is -2.15. The summed E-state index contributed by atoms with van der Waals surface area (Å²) < 4.78 is 0. The van der Waals surface area contributed by atoms with Crippen LogP contribution in [0.15, 0.2) is 194 Å². The van der Waals surface area contributed by atoms with E-state index in [-0.39, 0.29) is 5.41 Å². The highest BCUT2D eigenvalue weighted by Crippen LogP contribution is 2.50. The van der Waals surface area contributed by atoms with E-state index >= 15 is 0 Å². The second kappa shape index (κ2) is 14.0. The van der Waals surface area contributed by atoms with Gasteiger partial charge in [0.1, 0.15) is 0 Å². The van der Waals surface area contributed by atoms with E-state index in [1.165, 1.54) is 67.0 Å². The van der Waals surface area contributed by atoms with Gasteiger partial charge in [-0.3, -0.25) is 0 Å². The summed E-state index contributed by atoms with van der Waals surface area (Å²) in [7, 11) is 0. The highest BCUT2D eigenvalue weighted by Gasteiger charge is 2.35. The minimum atomic E-state index is -0.0410. The summed E-state index contributed by atoms with van der Waals surface area (Å²) in [4.78, 5) is 4.76. The molecule has 2 nitrogen and oxygen atoms in total. The molecule has 266 valence electrons. The first-order valence-corrected chi connectivity index (χ1v) is 19.2. The standard InChI is InChI=1S/C53H44N2/c1-37-14-8-12-20-51(37)55(52-21-13-9-15-38(52)2)45-32-26-42(27-33-45)41-24-30-44(31-25-41)54(43-28-22-40(23-29-43)39-16-6-5-7-17-39)46-34-35-50-48(36-46)47-18-10-11-19-49(47)53(50,3)4/h5-36H,1-4H3. The summed E-state index contributed by atoms with van der Waals surface area (Å²) in [5.74, 6) is 0. The fraction of sp³-hybridized carbons (Fsp3) is 0.0943. The molecule has 8 aromatic rings. The Kier molecular flexibility index (Phi) is 8.67. The predicted molar refractivity (Wildman–Crippen MR) is 234 cm³/mol. The first-order valence-electron chi connectivity index (χ1n) is 19.2. The molecule has 0 fully saturated rings. The lowest BCUT2D eigenvalue weighted by atomic mass is 9.82. The molecule has 0 aromatic heterocycles. The molecule has 0 N–H and O–H groups in total. The maximum Gasteiger partial charge on any atom is 0.0490 e. The molecule has 0 radical (unpaired) electrons. The molecule has 0 bridgehead atoms. The highest BCUT2D eigenvalue weighted by atomic mass is 15.1. The minimum Gasteiger partial charge on any atom is -0.310 e. The Balaban J connectivity index is 1.08. The molecule has 0 saturated carbocycles. The van der Waals surface area contributed by atoms with Crippen molar-refractivity contribution in [3.8, 4) is 33.4 Å². The largest absolute Gasteiger partial charge is 0.310 e. The molecule has 8 aromatic carbocycles. The second-order valence-electron chi connectivity index (χ2n) is 15.2. The molecule has 9 rings (SSSR count). The Hall–Kier alpha value is -6.64. The van der Waals surface area contributed by atoms with E-state index in [9.17, 15) is 0 Å². The van der Waals surface area contributed by atoms with Gasteiger partial charge in [0.2, 0.25) is 0 Å². The Bertz CT molecular complexity index is 2570. The third kappa shape index (κ3) is 6.20. The normalized spacial score (nSPS) is 12.5. The van der Waals surface area contributed by atoms with Crippen molar-refractivity contribution in [1.82, 2.24) is 0 Å². The van der Waals surface area contributed by atoms with Crippen molar-refractivity contribution in [1.29, 1.82) is 0 Å². The summed E-state index contributed by atoms with van der Waals surface area (Å²) in [6, 6.07) is 70.6. The van der Waals surface area contributed by atoms with Crippen molar-refractivity contribution in [2.45, 2.75) is 33.1 Å². The van der Waals surface area contributed by atoms with Gasteiger partial charge in [0.05, 0.1) is 0 Å². The lowest BCUT2D eigenvalue weighted by molar-refractivity contribution is 0.660. The minimum absolute atomic E-state index is 0.0410. The third-order valence-electron chi connectivity index (χ3n) is 11.4. The Morgan fingerprint density at radius 2 is 0.727 bits per heavy atom. The van der Waals surface area contributed by atoms with Crippen molar-refractivity contribution in [3.05, 3.63) is 216 Å². The molecule has 0 spiro atoms. The van der Waals surface area contributed by atoms with Crippen LogP contribution in [0.5, 0.6) is 0 Å². The molecule has 0 aliphatic heterocycles. The van der Waals surface area contributed by atoms with Gasteiger partial charge in [-0.25, -0.2) is 0 Å². The van der Waals surface area contributed by atoms with E-state index < -0.39 is 0 Å². The number of benzene rings is 8. The Morgan fingerprint density at radius 3 is 1.25 bits per heavy atom. The molecule has 1 aliphatic rings. The average molecular weight is 709 g/mol. The maximum absolute atomic E-state index is 2.39. The van der Waals surface area contributed by atoms with Crippen molar-refractivity contribution >= 4 is 34.1 Å². The van der Waals surface area contributed by atoms with E-state index in [0.29, 0.717) is 0 Å². The molecule has 0 unspecified atom stereocenters. The summed E-state index contributed by atoms with van der Waals surface area (Å²) in [6.45, 7) is 9.04. The molecule has 2 heteroatoms. The molecule has 0 heterocycles. The number of nitrogens with zero attached hydrogens (tertiary/aromatic N) is 2. The number of aryl methyl sites for hydroxylation is 2. The van der Waals surface area contributed by atoms with Crippen LogP contribution >= 0.6 is 0 Å². The maximum atomic E-state index is 2.39. The molecule has 0 saturated heterocycles. The van der Waals surface area contributed by atoms with Gasteiger partial charge < -0.3 is 9.80 Å². The molecule has 0 atom stereocenters. The Morgan fingerprint density at radius 1 is 0.327 bits per heavy atom. The zero-order valence-corrected chi connectivity index (χ0v) is 31.9. The smallest absolute Gasteiger partial charge is 0.0490 e. The van der Waals surface area contributed by atoms with Gasteiger partial charge in [0.25, 0.3) is 0 Å². The number of para-hydroxylation sites is 2. The summed E-state index contributed by atoms with van der Waals surface area (Å²) in [6.07, 6.45) is 0. The van der Waals surface area contributed by atoms with Gasteiger partial charge in [-0.1, -0.05) is 147 Å². The zero-order chi connectivity index (χ0) is 37.5. The topological polar surface area (TPSA) is 6.48 Å². The van der Waals surface area contributed by atoms with Gasteiger partial charge in [-0.05, 0) is 130 Å². The summed E-state index contributed by atoms with van der Waals surface area (Å²) in [5.41, 5.74) is 19.5. The van der Waals surface area contributed by atoms with Crippen LogP contribution in [0.1, 0.15) is 36.1 Å². The first kappa shape index (κ1) is 34.1. The zero-order valence-electron chi connectivity index (χ0n) is 31.9. The van der Waals surface area contributed by atoms with E-state index in [1.807, 2.05) is 0 Å². The van der Waals surface area contributed by atoms with Crippen LogP contribution in [0, 0.1) is 13.8 Å². The molecule has 55 heavy (non-hydrogen) atoms. The quantitative estimate of drug-likeness (QED) is 0.155. The van der Waals surface area contributed by atoms with Crippen LogP contribution in [0.2, 0.25) is 0 Å². The predicted octanol–water partition coefficient (Wildman–Crippen LogP) is 14.9. The number of hydrogen-bond acceptors (Lipinski definition) is 2. The van der Waals surface area contributed by atoms with Crippen LogP contribution < -0.4 is 9.80 Å². The third-order valence-corrected chi connectivity index (χ3v) is 11.4. The average Bonchev–Trinajstić information content (AvgIpc) is 3.46. The second-order valence-corrected chi connectivity index (χ2v) is 15.2. The molecule has 1 aliphatic carbocycles. The van der Waals surface area contributed by atoms with Gasteiger partial charge in [0, 0.05) is 39.5 Å². The summed E-state index contributed by atoms with van der Waals surface area (Å²) >= 11 is 0. The van der Waals surface area contributed by atoms with E-state index in [2.05, 4.69) is 232 Å². The van der Waals surface area contributed by atoms with Crippen molar-refractivity contribution < 1.29 is 0 Å². The lowest BCUT2D eigenvalue weighted by Gasteiger charge is -2.28. The fourth-order valence-corrected chi connectivity index (χ4v) is 8.37. The monoisotopic (exact) mass is 708 g/mol. The number of rotatable bonds is 8. The van der Waals surface area contributed by atoms with Crippen LogP contribution in [0.4, 0.5) is 34.1 Å². The molecule has 0 amide bonds. The van der Waals surface area contributed by atoms with Gasteiger partial charge >= 0.3 is 0 Å². The van der Waals surface area contributed by atoms with Crippen molar-refractivity contribution in [3.63, 3.8) is 0 Å². The van der Waals surface area contributed by atoms with Crippen molar-refractivity contribution in [2.75, 3.05) is 9.80 Å². The van der Waals surface area contributed by atoms with Crippen LogP contribution in [-0.2, 0) is 5.41 Å². The van der Waals surface area contributed by atoms with Gasteiger partial charge in [-0.15, -0.1) is 0 Å². The number of anilines is 6. The summed E-state index contributed by atoms with van der Waals surface area (Å²) in [5, 5.41) is 0. The van der Waals surface area contributed by atoms with Gasteiger partial charge in [0.15, 0.2) is 0 Å². The van der Waals surface area contributed by atoms with Crippen LogP contribution in [-0.4, -0.2) is 0 Å². The van der Waals surface area contributed by atoms with Crippen molar-refractivity contribution in [2.24, 2.45) is 0 Å². The van der Waals surface area contributed by atoms with Gasteiger partial charge in [-0.2, -0.15) is 0 Å². The first-order chi connectivity index (χ1) is 26.9. The Labute approximate surface area is 325 Å². The van der Waals surface area contributed by atoms with Crippen LogP contribution in [0.25, 0.3) is 33.4 Å². The van der Waals surface area contributed by atoms with E-state index in [4.69, 9.17) is 0 Å². The van der Waals surface area contributed by atoms with E-state index in [0.717, 1.165) is 22.7 Å². The molecular weight excluding hydrogens is 665 g/mol. The van der Waals surface area contributed by atoms with Crippen LogP contribution in [0.3, 0.4) is 0 Å². The highest BCUT2D eigenvalue weighted by molar-refractivity contribution is 5.88. The molecular formula is C53H44N2.